The summed E-state index contributed by atoms with van der Waals surface area (Å²) in [6.45, 7) is 3.78. The Morgan fingerprint density at radius 1 is 1.27 bits per heavy atom. The van der Waals surface area contributed by atoms with Crippen LogP contribution in [0.25, 0.3) is 0 Å². The monoisotopic (exact) mass is 423 g/mol. The highest BCUT2D eigenvalue weighted by Gasteiger charge is 2.36. The number of carbonyl (C=O) groups is 2. The molecule has 2 heterocycles. The summed E-state index contributed by atoms with van der Waals surface area (Å²) in [5.41, 5.74) is 1.91. The van der Waals surface area contributed by atoms with Gasteiger partial charge >= 0.3 is 5.97 Å². The quantitative estimate of drug-likeness (QED) is 0.651. The van der Waals surface area contributed by atoms with Crippen LogP contribution in [0.4, 0.5) is 5.69 Å². The van der Waals surface area contributed by atoms with E-state index in [-0.39, 0.29) is 24.2 Å². The first-order valence-electron chi connectivity index (χ1n) is 9.35. The first-order valence-corrected chi connectivity index (χ1v) is 10.3. The molecule has 0 spiro atoms. The van der Waals surface area contributed by atoms with Gasteiger partial charge in [-0.3, -0.25) is 9.59 Å². The maximum Gasteiger partial charge on any atom is 0.316 e. The fourth-order valence-electron chi connectivity index (χ4n) is 3.12. The van der Waals surface area contributed by atoms with Crippen LogP contribution in [0.15, 0.2) is 75.0 Å². The molecule has 3 rings (SSSR count). The SMILES string of the molecule is CCOC(=O)CSC1=C(C#N)C(c2ccco2)C(C(=O)Nc2ccccc2)=C(C)N1. The molecule has 0 bridgehead atoms. The van der Waals surface area contributed by atoms with Gasteiger partial charge in [-0.15, -0.1) is 0 Å². The summed E-state index contributed by atoms with van der Waals surface area (Å²) in [6.07, 6.45) is 1.50. The van der Waals surface area contributed by atoms with Crippen LogP contribution in [0.2, 0.25) is 0 Å². The first-order chi connectivity index (χ1) is 14.5. The van der Waals surface area contributed by atoms with E-state index in [9.17, 15) is 14.9 Å². The average Bonchev–Trinajstić information content (AvgIpc) is 3.27. The highest BCUT2D eigenvalue weighted by molar-refractivity contribution is 8.03. The Morgan fingerprint density at radius 3 is 2.67 bits per heavy atom. The van der Waals surface area contributed by atoms with Crippen LogP contribution < -0.4 is 10.6 Å². The fraction of sp³-hybridized carbons (Fsp3) is 0.227. The number of rotatable bonds is 7. The number of thioether (sulfide) groups is 1. The third-order valence-electron chi connectivity index (χ3n) is 4.39. The van der Waals surface area contributed by atoms with Gasteiger partial charge in [-0.05, 0) is 38.1 Å². The van der Waals surface area contributed by atoms with Crippen molar-refractivity contribution in [3.63, 3.8) is 0 Å². The van der Waals surface area contributed by atoms with Crippen LogP contribution in [0, 0.1) is 11.3 Å². The van der Waals surface area contributed by atoms with Gasteiger partial charge in [-0.2, -0.15) is 5.26 Å². The molecule has 1 amide bonds. The largest absolute Gasteiger partial charge is 0.468 e. The van der Waals surface area contributed by atoms with Gasteiger partial charge < -0.3 is 19.8 Å². The minimum absolute atomic E-state index is 0.0467. The number of carbonyl (C=O) groups excluding carboxylic acids is 2. The Hall–Kier alpha value is -3.44. The molecule has 8 heteroatoms. The second-order valence-electron chi connectivity index (χ2n) is 6.38. The van der Waals surface area contributed by atoms with E-state index in [2.05, 4.69) is 16.7 Å². The zero-order chi connectivity index (χ0) is 21.5. The molecule has 154 valence electrons. The Kier molecular flexibility index (Phi) is 6.99. The van der Waals surface area contributed by atoms with Gasteiger partial charge in [0.15, 0.2) is 0 Å². The highest BCUT2D eigenvalue weighted by atomic mass is 32.2. The standard InChI is InChI=1S/C22H21N3O4S/c1-3-28-18(26)13-30-22-16(12-23)20(17-10-7-11-29-17)19(14(2)24-22)21(27)25-15-8-5-4-6-9-15/h4-11,20,24H,3,13H2,1-2H3,(H,25,27). The molecule has 2 aromatic rings. The summed E-state index contributed by atoms with van der Waals surface area (Å²) in [4.78, 5) is 24.9. The molecule has 1 aliphatic heterocycles. The van der Waals surface area contributed by atoms with Crippen molar-refractivity contribution in [1.82, 2.24) is 5.32 Å². The zero-order valence-corrected chi connectivity index (χ0v) is 17.4. The summed E-state index contributed by atoms with van der Waals surface area (Å²) in [7, 11) is 0. The summed E-state index contributed by atoms with van der Waals surface area (Å²) < 4.78 is 10.5. The smallest absolute Gasteiger partial charge is 0.316 e. The Balaban J connectivity index is 1.95. The van der Waals surface area contributed by atoms with E-state index in [1.165, 1.54) is 6.26 Å². The number of amides is 1. The maximum absolute atomic E-state index is 13.1. The molecule has 1 unspecified atom stereocenters. The molecule has 1 aliphatic rings. The third kappa shape index (κ3) is 4.75. The number of ether oxygens (including phenoxy) is 1. The topological polar surface area (TPSA) is 104 Å². The number of dihydropyridines is 1. The van der Waals surface area contributed by atoms with E-state index >= 15 is 0 Å². The normalized spacial score (nSPS) is 16.0. The third-order valence-corrected chi connectivity index (χ3v) is 5.38. The second kappa shape index (κ2) is 9.85. The zero-order valence-electron chi connectivity index (χ0n) is 16.6. The van der Waals surface area contributed by atoms with E-state index in [1.807, 2.05) is 18.2 Å². The molecule has 7 nitrogen and oxygen atoms in total. The van der Waals surface area contributed by atoms with Crippen molar-refractivity contribution in [2.75, 3.05) is 17.7 Å². The minimum atomic E-state index is -0.695. The average molecular weight is 423 g/mol. The number of furan rings is 1. The van der Waals surface area contributed by atoms with Gasteiger partial charge in [0.2, 0.25) is 0 Å². The van der Waals surface area contributed by atoms with Crippen LogP contribution >= 0.6 is 11.8 Å². The second-order valence-corrected chi connectivity index (χ2v) is 7.37. The number of hydrogen-bond donors (Lipinski definition) is 2. The Bertz CT molecular complexity index is 1020. The van der Waals surface area contributed by atoms with Crippen LogP contribution in [-0.4, -0.2) is 24.2 Å². The number of nitriles is 1. The summed E-state index contributed by atoms with van der Waals surface area (Å²) in [5, 5.41) is 16.4. The van der Waals surface area contributed by atoms with E-state index in [4.69, 9.17) is 9.15 Å². The fourth-order valence-corrected chi connectivity index (χ4v) is 4.01. The molecular formula is C22H21N3O4S. The van der Waals surface area contributed by atoms with Gasteiger partial charge in [0.25, 0.3) is 5.91 Å². The van der Waals surface area contributed by atoms with Crippen molar-refractivity contribution in [2.45, 2.75) is 19.8 Å². The molecule has 0 saturated heterocycles. The number of allylic oxidation sites excluding steroid dienone is 2. The van der Waals surface area contributed by atoms with Crippen LogP contribution in [0.5, 0.6) is 0 Å². The summed E-state index contributed by atoms with van der Waals surface area (Å²) in [6, 6.07) is 14.7. The van der Waals surface area contributed by atoms with Crippen molar-refractivity contribution >= 4 is 29.3 Å². The molecule has 1 aromatic carbocycles. The van der Waals surface area contributed by atoms with Crippen molar-refractivity contribution in [1.29, 1.82) is 5.26 Å². The molecule has 0 fully saturated rings. The molecule has 0 saturated carbocycles. The van der Waals surface area contributed by atoms with Crippen molar-refractivity contribution in [3.8, 4) is 6.07 Å². The molecule has 1 atom stereocenters. The number of benzene rings is 1. The van der Waals surface area contributed by atoms with Gasteiger partial charge in [0, 0.05) is 11.4 Å². The molecule has 1 aromatic heterocycles. The number of hydrogen-bond acceptors (Lipinski definition) is 7. The number of nitrogens with zero attached hydrogens (tertiary/aromatic N) is 1. The van der Waals surface area contributed by atoms with E-state index in [1.54, 1.807) is 38.1 Å². The predicted octanol–water partition coefficient (Wildman–Crippen LogP) is 3.91. The van der Waals surface area contributed by atoms with Crippen LogP contribution in [0.3, 0.4) is 0 Å². The van der Waals surface area contributed by atoms with E-state index in [0.717, 1.165) is 11.8 Å². The van der Waals surface area contributed by atoms with Crippen molar-refractivity contribution in [3.05, 3.63) is 76.4 Å². The van der Waals surface area contributed by atoms with Crippen LogP contribution in [-0.2, 0) is 14.3 Å². The van der Waals surface area contributed by atoms with Gasteiger partial charge in [0.1, 0.15) is 5.76 Å². The van der Waals surface area contributed by atoms with Gasteiger partial charge in [0.05, 0.1) is 46.8 Å². The minimum Gasteiger partial charge on any atom is -0.468 e. The van der Waals surface area contributed by atoms with Gasteiger partial charge in [-0.25, -0.2) is 0 Å². The Labute approximate surface area is 178 Å². The number of anilines is 1. The lowest BCUT2D eigenvalue weighted by Crippen LogP contribution is -2.30. The Morgan fingerprint density at radius 2 is 2.03 bits per heavy atom. The summed E-state index contributed by atoms with van der Waals surface area (Å²) in [5.74, 6) is -0.891. The van der Waals surface area contributed by atoms with Crippen molar-refractivity contribution in [2.24, 2.45) is 0 Å². The molecule has 2 N–H and O–H groups in total. The number of esters is 1. The number of nitrogens with one attached hydrogen (secondary N) is 2. The maximum atomic E-state index is 13.1. The lowest BCUT2D eigenvalue weighted by Gasteiger charge is -2.28. The van der Waals surface area contributed by atoms with E-state index in [0.29, 0.717) is 33.3 Å². The first kappa shape index (κ1) is 21.3. The molecular weight excluding hydrogens is 402 g/mol. The lowest BCUT2D eigenvalue weighted by molar-refractivity contribution is -0.139. The molecule has 0 aliphatic carbocycles. The number of para-hydroxylation sites is 1. The van der Waals surface area contributed by atoms with Crippen molar-refractivity contribution < 1.29 is 18.7 Å². The summed E-state index contributed by atoms with van der Waals surface area (Å²) >= 11 is 1.16. The predicted molar refractivity (Wildman–Crippen MR) is 114 cm³/mol. The molecule has 30 heavy (non-hydrogen) atoms. The lowest BCUT2D eigenvalue weighted by atomic mass is 9.85. The molecule has 0 radical (unpaired) electrons. The van der Waals surface area contributed by atoms with Crippen LogP contribution in [0.1, 0.15) is 25.5 Å². The highest BCUT2D eigenvalue weighted by Crippen LogP contribution is 2.41. The van der Waals surface area contributed by atoms with E-state index < -0.39 is 5.92 Å². The van der Waals surface area contributed by atoms with Gasteiger partial charge in [-0.1, -0.05) is 30.0 Å².